The van der Waals surface area contributed by atoms with E-state index in [4.69, 9.17) is 11.7 Å². The molecule has 0 aliphatic carbocycles. The number of carbonyl (C=O) groups excluding carboxylic acids is 1. The van der Waals surface area contributed by atoms with E-state index in [1.165, 1.54) is 12.1 Å². The summed E-state index contributed by atoms with van der Waals surface area (Å²) < 4.78 is 38.9. The Labute approximate surface area is 115 Å². The molecular formula is C15H12F3NO. The van der Waals surface area contributed by atoms with Crippen LogP contribution in [0.3, 0.4) is 0 Å². The van der Waals surface area contributed by atoms with Crippen LogP contribution in [0.2, 0.25) is 0 Å². The number of unbranched alkanes of at least 4 members (excludes halogenated alkanes) is 2. The number of hydrogen-bond acceptors (Lipinski definition) is 2. The number of nitriles is 1. The minimum atomic E-state index is -4.53. The molecule has 0 aliphatic rings. The van der Waals surface area contributed by atoms with Gasteiger partial charge in [-0.1, -0.05) is 12.1 Å². The Bertz CT molecular complexity index is 576. The molecule has 0 radical (unpaired) electrons. The zero-order chi connectivity index (χ0) is 15.2. The molecule has 20 heavy (non-hydrogen) atoms. The van der Waals surface area contributed by atoms with Gasteiger partial charge in [-0.3, -0.25) is 4.79 Å². The fraction of sp³-hybridized carbons (Fsp3) is 0.333. The van der Waals surface area contributed by atoms with Crippen LogP contribution in [0.1, 0.15) is 40.7 Å². The van der Waals surface area contributed by atoms with E-state index < -0.39 is 17.5 Å². The third-order valence-corrected chi connectivity index (χ3v) is 2.79. The molecule has 0 fully saturated rings. The number of nitrogens with zero attached hydrogens (tertiary/aromatic N) is 1. The van der Waals surface area contributed by atoms with E-state index in [9.17, 15) is 18.0 Å². The number of rotatable bonds is 5. The smallest absolute Gasteiger partial charge is 0.279 e. The summed E-state index contributed by atoms with van der Waals surface area (Å²) >= 11 is 0. The second-order valence-corrected chi connectivity index (χ2v) is 4.21. The standard InChI is InChI=1S/C15H12F3NO/c1-2-14(20)12-8-7-11(6-4-3-5-9-19)13(10-12)15(16,17)18/h1,7-8,10H,3-6H2. The monoisotopic (exact) mass is 279 g/mol. The maximum atomic E-state index is 13.0. The highest BCUT2D eigenvalue weighted by Gasteiger charge is 2.33. The zero-order valence-corrected chi connectivity index (χ0v) is 10.6. The van der Waals surface area contributed by atoms with Crippen LogP contribution in [0, 0.1) is 23.7 Å². The number of benzene rings is 1. The Hall–Kier alpha value is -2.27. The summed E-state index contributed by atoms with van der Waals surface area (Å²) in [5.41, 5.74) is -0.861. The van der Waals surface area contributed by atoms with Gasteiger partial charge in [-0.2, -0.15) is 18.4 Å². The molecule has 5 heteroatoms. The van der Waals surface area contributed by atoms with E-state index in [0.717, 1.165) is 6.07 Å². The van der Waals surface area contributed by atoms with Crippen molar-refractivity contribution in [3.8, 4) is 18.4 Å². The number of aryl methyl sites for hydroxylation is 1. The number of carbonyl (C=O) groups is 1. The molecule has 1 aromatic carbocycles. The first kappa shape index (κ1) is 15.8. The van der Waals surface area contributed by atoms with E-state index in [2.05, 4.69) is 0 Å². The number of ketones is 1. The van der Waals surface area contributed by atoms with Gasteiger partial charge in [0.1, 0.15) is 0 Å². The van der Waals surface area contributed by atoms with Crippen molar-refractivity contribution in [2.45, 2.75) is 31.9 Å². The van der Waals surface area contributed by atoms with Crippen molar-refractivity contribution in [3.05, 3.63) is 34.9 Å². The fourth-order valence-corrected chi connectivity index (χ4v) is 1.80. The number of halogens is 3. The number of hydrogen-bond donors (Lipinski definition) is 0. The van der Waals surface area contributed by atoms with E-state index in [1.807, 2.05) is 6.07 Å². The zero-order valence-electron chi connectivity index (χ0n) is 10.6. The summed E-state index contributed by atoms with van der Waals surface area (Å²) in [6.45, 7) is 0. The predicted octanol–water partition coefficient (Wildman–Crippen LogP) is 3.76. The second kappa shape index (κ2) is 6.77. The Morgan fingerprint density at radius 2 is 2.00 bits per heavy atom. The minimum absolute atomic E-state index is 0.115. The molecule has 1 aromatic rings. The number of Topliss-reactive ketones (excluding diaryl/α,β-unsaturated/α-hetero) is 1. The first-order valence-electron chi connectivity index (χ1n) is 5.98. The van der Waals surface area contributed by atoms with E-state index in [-0.39, 0.29) is 17.5 Å². The lowest BCUT2D eigenvalue weighted by molar-refractivity contribution is -0.138. The Morgan fingerprint density at radius 1 is 1.30 bits per heavy atom. The molecule has 0 saturated heterocycles. The van der Waals surface area contributed by atoms with E-state index in [1.54, 1.807) is 5.92 Å². The largest absolute Gasteiger partial charge is 0.416 e. The summed E-state index contributed by atoms with van der Waals surface area (Å²) in [5.74, 6) is 1.03. The van der Waals surface area contributed by atoms with Crippen molar-refractivity contribution in [2.24, 2.45) is 0 Å². The molecule has 104 valence electrons. The maximum Gasteiger partial charge on any atom is 0.416 e. The van der Waals surface area contributed by atoms with Crippen molar-refractivity contribution < 1.29 is 18.0 Å². The van der Waals surface area contributed by atoms with Crippen molar-refractivity contribution in [3.63, 3.8) is 0 Å². The van der Waals surface area contributed by atoms with Crippen molar-refractivity contribution in [1.29, 1.82) is 5.26 Å². The van der Waals surface area contributed by atoms with Crippen molar-refractivity contribution in [2.75, 3.05) is 0 Å². The van der Waals surface area contributed by atoms with Gasteiger partial charge in [0.25, 0.3) is 0 Å². The normalized spacial score (nSPS) is 10.7. The Morgan fingerprint density at radius 3 is 2.55 bits per heavy atom. The number of alkyl halides is 3. The van der Waals surface area contributed by atoms with Gasteiger partial charge in [0.15, 0.2) is 0 Å². The molecule has 0 spiro atoms. The summed E-state index contributed by atoms with van der Waals surface area (Å²) in [6.07, 6.45) is 1.92. The molecule has 0 heterocycles. The lowest BCUT2D eigenvalue weighted by Crippen LogP contribution is -2.11. The van der Waals surface area contributed by atoms with Gasteiger partial charge in [0.2, 0.25) is 5.78 Å². The average molecular weight is 279 g/mol. The molecule has 0 aromatic heterocycles. The van der Waals surface area contributed by atoms with Gasteiger partial charge < -0.3 is 0 Å². The summed E-state index contributed by atoms with van der Waals surface area (Å²) in [4.78, 5) is 11.3. The maximum absolute atomic E-state index is 13.0. The first-order chi connectivity index (χ1) is 9.40. The van der Waals surface area contributed by atoms with Gasteiger partial charge >= 0.3 is 6.18 Å². The topological polar surface area (TPSA) is 40.9 Å². The Balaban J connectivity index is 3.03. The van der Waals surface area contributed by atoms with Gasteiger partial charge in [0, 0.05) is 12.0 Å². The molecule has 0 aliphatic heterocycles. The van der Waals surface area contributed by atoms with Crippen LogP contribution in [0.4, 0.5) is 13.2 Å². The number of terminal acetylenes is 1. The lowest BCUT2D eigenvalue weighted by atomic mass is 9.97. The molecule has 2 nitrogen and oxygen atoms in total. The quantitative estimate of drug-likeness (QED) is 0.356. The molecule has 0 bridgehead atoms. The third kappa shape index (κ3) is 4.13. The average Bonchev–Trinajstić information content (AvgIpc) is 2.41. The van der Waals surface area contributed by atoms with E-state index in [0.29, 0.717) is 19.3 Å². The van der Waals surface area contributed by atoms with E-state index >= 15 is 0 Å². The van der Waals surface area contributed by atoms with Gasteiger partial charge in [0.05, 0.1) is 11.6 Å². The van der Waals surface area contributed by atoms with Crippen LogP contribution < -0.4 is 0 Å². The van der Waals surface area contributed by atoms with Gasteiger partial charge in [-0.05, 0) is 36.8 Å². The highest BCUT2D eigenvalue weighted by Crippen LogP contribution is 2.33. The summed E-state index contributed by atoms with van der Waals surface area (Å²) in [7, 11) is 0. The first-order valence-corrected chi connectivity index (χ1v) is 5.98. The van der Waals surface area contributed by atoms with Crippen molar-refractivity contribution >= 4 is 5.78 Å². The van der Waals surface area contributed by atoms with Crippen molar-refractivity contribution in [1.82, 2.24) is 0 Å². The highest BCUT2D eigenvalue weighted by molar-refractivity contribution is 6.08. The molecular weight excluding hydrogens is 267 g/mol. The third-order valence-electron chi connectivity index (χ3n) is 2.79. The molecule has 0 amide bonds. The van der Waals surface area contributed by atoms with Crippen LogP contribution in [-0.2, 0) is 12.6 Å². The summed E-state index contributed by atoms with van der Waals surface area (Å²) in [5, 5.41) is 8.39. The molecule has 0 atom stereocenters. The van der Waals surface area contributed by atoms with Crippen LogP contribution in [0.15, 0.2) is 18.2 Å². The SMILES string of the molecule is C#CC(=O)c1ccc(CCCCC#N)c(C(F)(F)F)c1. The lowest BCUT2D eigenvalue weighted by Gasteiger charge is -2.13. The van der Waals surface area contributed by atoms with Gasteiger partial charge in [-0.15, -0.1) is 6.42 Å². The Kier molecular flexibility index (Phi) is 5.34. The fourth-order valence-electron chi connectivity index (χ4n) is 1.80. The summed E-state index contributed by atoms with van der Waals surface area (Å²) in [6, 6.07) is 5.32. The second-order valence-electron chi connectivity index (χ2n) is 4.21. The van der Waals surface area contributed by atoms with Crippen LogP contribution in [-0.4, -0.2) is 5.78 Å². The highest BCUT2D eigenvalue weighted by atomic mass is 19.4. The molecule has 0 saturated carbocycles. The van der Waals surface area contributed by atoms with Crippen LogP contribution in [0.25, 0.3) is 0 Å². The van der Waals surface area contributed by atoms with Crippen LogP contribution >= 0.6 is 0 Å². The molecule has 1 rings (SSSR count). The molecule has 0 unspecified atom stereocenters. The minimum Gasteiger partial charge on any atom is -0.279 e. The van der Waals surface area contributed by atoms with Crippen LogP contribution in [0.5, 0.6) is 0 Å². The predicted molar refractivity (Wildman–Crippen MR) is 67.8 cm³/mol. The molecule has 0 N–H and O–H groups in total. The van der Waals surface area contributed by atoms with Gasteiger partial charge in [-0.25, -0.2) is 0 Å².